The standard InChI is InChI=1S/C12H17N3O2S/c16-18(17,9-6-7-9)15-12-5-1-3-11(14-12)10-4-2-8-13-10/h1,3,5,9-10,13H,2,4,6-8H2,(H,14,15)/t10-/m0/s1. The highest BCUT2D eigenvalue weighted by atomic mass is 32.2. The summed E-state index contributed by atoms with van der Waals surface area (Å²) in [6.07, 6.45) is 3.73. The van der Waals surface area contributed by atoms with Crippen molar-refractivity contribution in [2.75, 3.05) is 11.3 Å². The minimum atomic E-state index is -3.21. The number of sulfonamides is 1. The number of aromatic nitrogens is 1. The molecule has 0 amide bonds. The molecule has 2 N–H and O–H groups in total. The molecule has 6 heteroatoms. The van der Waals surface area contributed by atoms with E-state index in [4.69, 9.17) is 0 Å². The van der Waals surface area contributed by atoms with E-state index in [1.807, 2.05) is 12.1 Å². The van der Waals surface area contributed by atoms with Crippen molar-refractivity contribution in [1.29, 1.82) is 0 Å². The summed E-state index contributed by atoms with van der Waals surface area (Å²) in [5, 5.41) is 3.14. The molecule has 1 aliphatic carbocycles. The molecule has 1 saturated heterocycles. The maximum Gasteiger partial charge on any atom is 0.236 e. The first-order valence-electron chi connectivity index (χ1n) is 6.37. The van der Waals surface area contributed by atoms with Gasteiger partial charge in [-0.2, -0.15) is 0 Å². The van der Waals surface area contributed by atoms with Crippen LogP contribution in [-0.4, -0.2) is 25.2 Å². The predicted octanol–water partition coefficient (Wildman–Crippen LogP) is 1.41. The largest absolute Gasteiger partial charge is 0.309 e. The van der Waals surface area contributed by atoms with Gasteiger partial charge in [0.15, 0.2) is 0 Å². The lowest BCUT2D eigenvalue weighted by Crippen LogP contribution is -2.19. The molecular weight excluding hydrogens is 250 g/mol. The zero-order valence-electron chi connectivity index (χ0n) is 10.1. The third-order valence-electron chi connectivity index (χ3n) is 3.40. The predicted molar refractivity (Wildman–Crippen MR) is 69.8 cm³/mol. The van der Waals surface area contributed by atoms with E-state index in [9.17, 15) is 8.42 Å². The number of nitrogens with one attached hydrogen (secondary N) is 2. The monoisotopic (exact) mass is 267 g/mol. The van der Waals surface area contributed by atoms with Crippen molar-refractivity contribution in [2.24, 2.45) is 0 Å². The van der Waals surface area contributed by atoms with Crippen molar-refractivity contribution >= 4 is 15.8 Å². The second kappa shape index (κ2) is 4.51. The van der Waals surface area contributed by atoms with Gasteiger partial charge in [-0.15, -0.1) is 0 Å². The molecule has 18 heavy (non-hydrogen) atoms. The normalized spacial score (nSPS) is 24.1. The van der Waals surface area contributed by atoms with Crippen LogP contribution in [0.3, 0.4) is 0 Å². The summed E-state index contributed by atoms with van der Waals surface area (Å²) in [5.74, 6) is 0.438. The van der Waals surface area contributed by atoms with Crippen LogP contribution in [0.1, 0.15) is 37.4 Å². The summed E-state index contributed by atoms with van der Waals surface area (Å²) < 4.78 is 26.2. The highest BCUT2D eigenvalue weighted by molar-refractivity contribution is 7.93. The average molecular weight is 267 g/mol. The van der Waals surface area contributed by atoms with Crippen LogP contribution in [0.15, 0.2) is 18.2 Å². The van der Waals surface area contributed by atoms with Gasteiger partial charge in [0.25, 0.3) is 0 Å². The second-order valence-electron chi connectivity index (χ2n) is 4.94. The number of anilines is 1. The first-order chi connectivity index (χ1) is 8.65. The molecule has 5 nitrogen and oxygen atoms in total. The molecule has 1 aromatic heterocycles. The second-order valence-corrected chi connectivity index (χ2v) is 6.90. The Bertz CT molecular complexity index is 534. The number of rotatable bonds is 4. The molecule has 2 heterocycles. The van der Waals surface area contributed by atoms with Crippen LogP contribution < -0.4 is 10.0 Å². The minimum absolute atomic E-state index is 0.215. The molecule has 0 unspecified atom stereocenters. The van der Waals surface area contributed by atoms with E-state index in [-0.39, 0.29) is 11.3 Å². The van der Waals surface area contributed by atoms with Crippen molar-refractivity contribution < 1.29 is 8.42 Å². The van der Waals surface area contributed by atoms with Crippen LogP contribution >= 0.6 is 0 Å². The molecule has 98 valence electrons. The number of hydrogen-bond donors (Lipinski definition) is 2. The van der Waals surface area contributed by atoms with E-state index >= 15 is 0 Å². The molecule has 0 bridgehead atoms. The van der Waals surface area contributed by atoms with Crippen molar-refractivity contribution in [1.82, 2.24) is 10.3 Å². The highest BCUT2D eigenvalue weighted by Gasteiger charge is 2.36. The Kier molecular flexibility index (Phi) is 2.99. The number of hydrogen-bond acceptors (Lipinski definition) is 4. The van der Waals surface area contributed by atoms with Crippen LogP contribution in [0.2, 0.25) is 0 Å². The smallest absolute Gasteiger partial charge is 0.236 e. The van der Waals surface area contributed by atoms with Gasteiger partial charge in [-0.05, 0) is 44.4 Å². The summed E-state index contributed by atoms with van der Waals surface area (Å²) >= 11 is 0. The van der Waals surface area contributed by atoms with E-state index in [2.05, 4.69) is 15.0 Å². The Morgan fingerprint density at radius 2 is 2.11 bits per heavy atom. The number of pyridine rings is 1. The first-order valence-corrected chi connectivity index (χ1v) is 7.92. The molecule has 0 aromatic carbocycles. The Labute approximate surface area is 107 Å². The quantitative estimate of drug-likeness (QED) is 0.865. The zero-order valence-corrected chi connectivity index (χ0v) is 10.9. The fraction of sp³-hybridized carbons (Fsp3) is 0.583. The van der Waals surface area contributed by atoms with Gasteiger partial charge in [0.05, 0.1) is 10.9 Å². The van der Waals surface area contributed by atoms with Crippen molar-refractivity contribution in [2.45, 2.75) is 37.0 Å². The van der Waals surface area contributed by atoms with Gasteiger partial charge in [0.2, 0.25) is 10.0 Å². The fourth-order valence-corrected chi connectivity index (χ4v) is 3.58. The van der Waals surface area contributed by atoms with E-state index in [1.165, 1.54) is 0 Å². The maximum atomic E-state index is 11.8. The summed E-state index contributed by atoms with van der Waals surface area (Å²) in [4.78, 5) is 4.40. The molecule has 1 atom stereocenters. The molecule has 2 aliphatic rings. The Hall–Kier alpha value is -1.14. The first kappa shape index (κ1) is 11.9. The molecule has 3 rings (SSSR count). The van der Waals surface area contributed by atoms with Gasteiger partial charge in [-0.25, -0.2) is 13.4 Å². The summed E-state index contributed by atoms with van der Waals surface area (Å²) in [5.41, 5.74) is 0.920. The molecule has 1 aliphatic heterocycles. The van der Waals surface area contributed by atoms with Gasteiger partial charge >= 0.3 is 0 Å². The molecule has 2 fully saturated rings. The van der Waals surface area contributed by atoms with E-state index in [0.717, 1.165) is 37.9 Å². The molecule has 0 spiro atoms. The Morgan fingerprint density at radius 3 is 2.78 bits per heavy atom. The lowest BCUT2D eigenvalue weighted by atomic mass is 10.1. The molecule has 1 saturated carbocycles. The van der Waals surface area contributed by atoms with Gasteiger partial charge < -0.3 is 5.32 Å². The Balaban J connectivity index is 1.78. The fourth-order valence-electron chi connectivity index (χ4n) is 2.25. The van der Waals surface area contributed by atoms with Crippen LogP contribution in [0.25, 0.3) is 0 Å². The van der Waals surface area contributed by atoms with Crippen LogP contribution in [0, 0.1) is 0 Å². The topological polar surface area (TPSA) is 71.1 Å². The molecule has 0 radical (unpaired) electrons. The highest BCUT2D eigenvalue weighted by Crippen LogP contribution is 2.29. The SMILES string of the molecule is O=S(=O)(Nc1cccc([C@@H]2CCCN2)n1)C1CC1. The van der Waals surface area contributed by atoms with Crippen LogP contribution in [0.5, 0.6) is 0 Å². The van der Waals surface area contributed by atoms with Gasteiger partial charge in [0.1, 0.15) is 5.82 Å². The van der Waals surface area contributed by atoms with E-state index in [0.29, 0.717) is 5.82 Å². The minimum Gasteiger partial charge on any atom is -0.309 e. The van der Waals surface area contributed by atoms with Gasteiger partial charge in [-0.3, -0.25) is 4.72 Å². The van der Waals surface area contributed by atoms with Gasteiger partial charge in [-0.1, -0.05) is 6.07 Å². The number of nitrogens with zero attached hydrogens (tertiary/aromatic N) is 1. The van der Waals surface area contributed by atoms with Crippen LogP contribution in [0.4, 0.5) is 5.82 Å². The molecular formula is C12H17N3O2S. The average Bonchev–Trinajstić information content (AvgIpc) is 3.06. The van der Waals surface area contributed by atoms with Crippen molar-refractivity contribution in [3.8, 4) is 0 Å². The lowest BCUT2D eigenvalue weighted by molar-refractivity contribution is 0.599. The Morgan fingerprint density at radius 1 is 1.28 bits per heavy atom. The summed E-state index contributed by atoms with van der Waals surface area (Å²) in [7, 11) is -3.21. The van der Waals surface area contributed by atoms with E-state index < -0.39 is 10.0 Å². The van der Waals surface area contributed by atoms with Crippen molar-refractivity contribution in [3.63, 3.8) is 0 Å². The third-order valence-corrected chi connectivity index (χ3v) is 5.24. The maximum absolute atomic E-state index is 11.8. The van der Waals surface area contributed by atoms with Crippen molar-refractivity contribution in [3.05, 3.63) is 23.9 Å². The summed E-state index contributed by atoms with van der Waals surface area (Å²) in [6.45, 7) is 1.00. The van der Waals surface area contributed by atoms with Crippen LogP contribution in [-0.2, 0) is 10.0 Å². The molecule has 1 aromatic rings. The van der Waals surface area contributed by atoms with Gasteiger partial charge in [0, 0.05) is 6.04 Å². The lowest BCUT2D eigenvalue weighted by Gasteiger charge is -2.12. The third kappa shape index (κ3) is 2.49. The van der Waals surface area contributed by atoms with E-state index in [1.54, 1.807) is 6.07 Å². The zero-order chi connectivity index (χ0) is 12.6. The summed E-state index contributed by atoms with van der Waals surface area (Å²) in [6, 6.07) is 5.76.